The van der Waals surface area contributed by atoms with E-state index in [0.29, 0.717) is 0 Å². The molecule has 0 unspecified atom stereocenters. The molecule has 3 nitrogen and oxygen atoms in total. The predicted molar refractivity (Wildman–Crippen MR) is 16.6 cm³/mol. The maximum absolute atomic E-state index is 8.78. The van der Waals surface area contributed by atoms with Crippen molar-refractivity contribution in [3.63, 3.8) is 0 Å². The van der Waals surface area contributed by atoms with Crippen LogP contribution in [-0.2, 0) is 3.74 Å². The quantitative estimate of drug-likeness (QED) is 0.497. The van der Waals surface area contributed by atoms with Crippen molar-refractivity contribution in [3.05, 3.63) is 0 Å². The topological polar surface area (TPSA) is 57.5 Å². The molecule has 5 heavy (non-hydrogen) atoms. The summed E-state index contributed by atoms with van der Waals surface area (Å²) in [5, 5.41) is 0. The SMILES string of the molecule is O=[As](O)O.[Ba]. The van der Waals surface area contributed by atoms with E-state index >= 15 is 0 Å². The first-order chi connectivity index (χ1) is 1.73. The van der Waals surface area contributed by atoms with Crippen LogP contribution in [0.5, 0.6) is 0 Å². The number of hydrogen-bond acceptors (Lipinski definition) is 1. The summed E-state index contributed by atoms with van der Waals surface area (Å²) in [6, 6.07) is 0. The molecule has 0 rings (SSSR count). The minimum atomic E-state index is -3.44. The van der Waals surface area contributed by atoms with Gasteiger partial charge in [0.05, 0.1) is 0 Å². The Kier molecular flexibility index (Phi) is 11.7. The van der Waals surface area contributed by atoms with Gasteiger partial charge in [-0.05, 0) is 0 Å². The standard InChI is InChI=1S/AsH2O3.Ba/c2-1(3)4;/h(H2,2,3,4);. The Balaban J connectivity index is 0. The predicted octanol–water partition coefficient (Wildman–Crippen LogP) is -1.99. The minimum Gasteiger partial charge on any atom is 0 e. The van der Waals surface area contributed by atoms with Gasteiger partial charge in [0.15, 0.2) is 0 Å². The summed E-state index contributed by atoms with van der Waals surface area (Å²) in [4.78, 5) is 0. The molecule has 0 aliphatic heterocycles. The van der Waals surface area contributed by atoms with E-state index in [9.17, 15) is 0 Å². The Bertz CT molecular complexity index is 29.9. The van der Waals surface area contributed by atoms with Crippen LogP contribution in [0.1, 0.15) is 0 Å². The average Bonchev–Trinajstić information content (AvgIpc) is 0.811. The molecule has 0 bridgehead atoms. The fraction of sp³-hybridized carbons (Fsp3) is 0. The van der Waals surface area contributed by atoms with E-state index in [1.165, 1.54) is 0 Å². The van der Waals surface area contributed by atoms with Crippen molar-refractivity contribution >= 4 is 64.2 Å². The van der Waals surface area contributed by atoms with Gasteiger partial charge in [-0.15, -0.1) is 0 Å². The normalized spacial score (nSPS) is 5.20. The van der Waals surface area contributed by atoms with E-state index in [4.69, 9.17) is 11.9 Å². The molecule has 3 radical (unpaired) electrons. The first-order valence-corrected chi connectivity index (χ1v) is 3.03. The molecule has 2 N–H and O–H groups in total. The summed E-state index contributed by atoms with van der Waals surface area (Å²) in [5.74, 6) is 0. The van der Waals surface area contributed by atoms with Crippen molar-refractivity contribution in [1.29, 1.82) is 0 Å². The van der Waals surface area contributed by atoms with Gasteiger partial charge in [-0.25, -0.2) is 0 Å². The average molecular weight is 262 g/mol. The molecule has 0 fully saturated rings. The summed E-state index contributed by atoms with van der Waals surface area (Å²) >= 11 is -3.44. The van der Waals surface area contributed by atoms with Crippen LogP contribution in [0.15, 0.2) is 0 Å². The van der Waals surface area contributed by atoms with Gasteiger partial charge in [0, 0.05) is 48.9 Å². The monoisotopic (exact) mass is 263 g/mol. The third kappa shape index (κ3) is 25.3. The Labute approximate surface area is 74.6 Å². The fourth-order valence-electron chi connectivity index (χ4n) is 0. The molecule has 0 atom stereocenters. The van der Waals surface area contributed by atoms with E-state index in [1.807, 2.05) is 0 Å². The van der Waals surface area contributed by atoms with Gasteiger partial charge in [-0.3, -0.25) is 0 Å². The Morgan fingerprint density at radius 3 is 1.40 bits per heavy atom. The van der Waals surface area contributed by atoms with E-state index < -0.39 is 15.3 Å². The van der Waals surface area contributed by atoms with Crippen LogP contribution < -0.4 is 0 Å². The second-order valence-electron chi connectivity index (χ2n) is 0.253. The van der Waals surface area contributed by atoms with E-state index in [-0.39, 0.29) is 48.9 Å². The molecule has 0 aliphatic carbocycles. The maximum Gasteiger partial charge on any atom is 0 e. The van der Waals surface area contributed by atoms with Gasteiger partial charge in [-0.2, -0.15) is 0 Å². The van der Waals surface area contributed by atoms with Gasteiger partial charge < -0.3 is 0 Å². The van der Waals surface area contributed by atoms with E-state index in [1.54, 1.807) is 0 Å². The van der Waals surface area contributed by atoms with Gasteiger partial charge in [0.25, 0.3) is 0 Å². The molecular formula is H2AsBaO3. The number of hydrogen-bond donors (Lipinski definition) is 2. The van der Waals surface area contributed by atoms with Crippen molar-refractivity contribution in [2.24, 2.45) is 0 Å². The van der Waals surface area contributed by atoms with E-state index in [0.717, 1.165) is 0 Å². The zero-order chi connectivity index (χ0) is 3.58. The zero-order valence-corrected chi connectivity index (χ0v) is 8.77. The Hall–Kier alpha value is 1.85. The molecule has 0 saturated carbocycles. The minimum absolute atomic E-state index is 0. The molecule has 0 aromatic heterocycles. The Morgan fingerprint density at radius 2 is 1.40 bits per heavy atom. The van der Waals surface area contributed by atoms with Gasteiger partial charge >= 0.3 is 27.2 Å². The van der Waals surface area contributed by atoms with Crippen LogP contribution in [0.2, 0.25) is 0 Å². The summed E-state index contributed by atoms with van der Waals surface area (Å²) in [7, 11) is 0. The van der Waals surface area contributed by atoms with Crippen LogP contribution >= 0.6 is 0 Å². The first kappa shape index (κ1) is 9.97. The van der Waals surface area contributed by atoms with Crippen LogP contribution in [0.4, 0.5) is 0 Å². The number of rotatable bonds is 0. The van der Waals surface area contributed by atoms with Crippen LogP contribution in [0.25, 0.3) is 0 Å². The van der Waals surface area contributed by atoms with Crippen molar-refractivity contribution in [2.45, 2.75) is 0 Å². The first-order valence-electron chi connectivity index (χ1n) is 0.583. The summed E-state index contributed by atoms with van der Waals surface area (Å²) in [6.45, 7) is 0. The van der Waals surface area contributed by atoms with Crippen LogP contribution in [0, 0.1) is 0 Å². The molecule has 0 amide bonds. The molecular weight excluding hydrogens is 260 g/mol. The molecule has 0 heterocycles. The van der Waals surface area contributed by atoms with Gasteiger partial charge in [0.2, 0.25) is 0 Å². The second kappa shape index (κ2) is 5.85. The summed E-state index contributed by atoms with van der Waals surface area (Å²) < 4.78 is 23.2. The molecule has 0 spiro atoms. The van der Waals surface area contributed by atoms with Crippen molar-refractivity contribution in [3.8, 4) is 0 Å². The third-order valence-corrected chi connectivity index (χ3v) is 0. The van der Waals surface area contributed by atoms with Crippen molar-refractivity contribution in [1.82, 2.24) is 0 Å². The second-order valence-corrected chi connectivity index (χ2v) is 1.31. The maximum atomic E-state index is 8.78. The zero-order valence-electron chi connectivity index (χ0n) is 2.46. The smallest absolute Gasteiger partial charge is 0 e. The van der Waals surface area contributed by atoms with Gasteiger partial charge in [-0.1, -0.05) is 0 Å². The molecule has 27 valence electrons. The van der Waals surface area contributed by atoms with Crippen LogP contribution in [0.3, 0.4) is 0 Å². The van der Waals surface area contributed by atoms with Crippen LogP contribution in [-0.4, -0.2) is 72.3 Å². The molecule has 0 saturated heterocycles. The summed E-state index contributed by atoms with van der Waals surface area (Å²) in [6.07, 6.45) is 0. The molecule has 0 aromatic rings. The van der Waals surface area contributed by atoms with Crippen molar-refractivity contribution in [2.75, 3.05) is 0 Å². The molecule has 5 heteroatoms. The largest absolute Gasteiger partial charge is 0 e. The van der Waals surface area contributed by atoms with Gasteiger partial charge in [0.1, 0.15) is 0 Å². The Morgan fingerprint density at radius 1 is 1.40 bits per heavy atom. The third-order valence-electron chi connectivity index (χ3n) is 0. The fourth-order valence-corrected chi connectivity index (χ4v) is 0. The molecule has 0 aliphatic rings. The summed E-state index contributed by atoms with van der Waals surface area (Å²) in [5.41, 5.74) is 0. The molecule has 0 aromatic carbocycles. The van der Waals surface area contributed by atoms with Crippen molar-refractivity contribution < 1.29 is 11.9 Å². The van der Waals surface area contributed by atoms with E-state index in [2.05, 4.69) is 0 Å².